The average molecular weight is 989 g/mol. The zero-order chi connectivity index (χ0) is 49.4. The maximum absolute atomic E-state index is 15.5. The number of unbranched alkanes of at least 4 members (excludes halogenated alkanes) is 5. The minimum Gasteiger partial charge on any atom is -0.397 e. The summed E-state index contributed by atoms with van der Waals surface area (Å²) in [5, 5.41) is 0. The van der Waals surface area contributed by atoms with Gasteiger partial charge in [0.15, 0.2) is 0 Å². The Kier molecular flexibility index (Phi) is 15.2. The van der Waals surface area contributed by atoms with E-state index in [1.54, 1.807) is 0 Å². The molecule has 2 nitrogen and oxygen atoms in total. The van der Waals surface area contributed by atoms with Gasteiger partial charge in [-0.3, -0.25) is 0 Å². The molecule has 0 saturated heterocycles. The van der Waals surface area contributed by atoms with Gasteiger partial charge in [-0.15, -0.1) is 0 Å². The highest BCUT2D eigenvalue weighted by Gasteiger charge is 2.99. The molecule has 0 N–H and O–H groups in total. The fourth-order valence-corrected chi connectivity index (χ4v) is 8.82. The van der Waals surface area contributed by atoms with Crippen molar-refractivity contribution in [3.63, 3.8) is 0 Å². The standard InChI is InChI=1S/C38H31F23O2S/c1-2-3-4-5-6-9-14-23-19-21-26(22-20-23)64(24-15-10-7-11-16-24,25-17-12-8-13-18-25)63-27(62)28(39,40)29(41,42)30(43,44)31(45,46)32(47,48)33(49,50)34(51,52)35(53,54)36(55,56)37(57,58)38(59,60)61/h7-8,10-13,15-22H,2-6,9,14H2,1H3. The molecule has 64 heavy (non-hydrogen) atoms. The SMILES string of the molecule is CCCCCCCCc1ccc(S(OC(=O)C(F)(F)C(F)(F)C(F)(F)C(F)(F)C(F)(F)C(F)(F)C(F)(F)C(F)(F)C(F)(F)C(F)(F)C(F)(F)F)(c2ccccc2)c2ccccc2)cc1. The van der Waals surface area contributed by atoms with Crippen molar-refractivity contribution in [1.82, 2.24) is 0 Å². The van der Waals surface area contributed by atoms with Crippen LogP contribution in [0.5, 0.6) is 0 Å². The lowest BCUT2D eigenvalue weighted by Gasteiger charge is -2.45. The third-order valence-corrected chi connectivity index (χ3v) is 12.8. The molecule has 0 unspecified atom stereocenters. The molecule has 0 atom stereocenters. The van der Waals surface area contributed by atoms with E-state index >= 15 is 17.6 Å². The average Bonchev–Trinajstić information content (AvgIpc) is 3.20. The van der Waals surface area contributed by atoms with E-state index in [1.165, 1.54) is 24.3 Å². The van der Waals surface area contributed by atoms with Crippen LogP contribution in [-0.4, -0.2) is 71.4 Å². The molecule has 0 spiro atoms. The van der Waals surface area contributed by atoms with Crippen LogP contribution in [0.1, 0.15) is 51.0 Å². The topological polar surface area (TPSA) is 26.3 Å². The first kappa shape index (κ1) is 54.2. The van der Waals surface area contributed by atoms with Gasteiger partial charge in [0.25, 0.3) is 0 Å². The van der Waals surface area contributed by atoms with Gasteiger partial charge in [-0.25, -0.2) is 4.79 Å². The summed E-state index contributed by atoms with van der Waals surface area (Å²) in [6, 6.07) is 15.6. The Hall–Kier alpha value is -4.13. The van der Waals surface area contributed by atoms with Gasteiger partial charge in [0.05, 0.1) is 0 Å². The van der Waals surface area contributed by atoms with Crippen LogP contribution in [-0.2, 0) is 15.4 Å². The lowest BCUT2D eigenvalue weighted by Crippen LogP contribution is -2.78. The molecule has 0 bridgehead atoms. The van der Waals surface area contributed by atoms with Crippen LogP contribution in [0.15, 0.2) is 99.6 Å². The van der Waals surface area contributed by atoms with Crippen LogP contribution in [0.3, 0.4) is 0 Å². The molecule has 0 fully saturated rings. The summed E-state index contributed by atoms with van der Waals surface area (Å²) in [6.07, 6.45) is -2.80. The van der Waals surface area contributed by atoms with E-state index in [-0.39, 0.29) is 0 Å². The first-order chi connectivity index (χ1) is 28.9. The number of carbonyl (C=O) groups excluding carboxylic acids is 1. The van der Waals surface area contributed by atoms with Crippen molar-refractivity contribution in [3.8, 4) is 0 Å². The van der Waals surface area contributed by atoms with Gasteiger partial charge in [-0.2, -0.15) is 101 Å². The Morgan fingerprint density at radius 1 is 0.406 bits per heavy atom. The molecule has 0 heterocycles. The third kappa shape index (κ3) is 8.45. The predicted octanol–water partition coefficient (Wildman–Crippen LogP) is 15.2. The van der Waals surface area contributed by atoms with Crippen LogP contribution in [0, 0.1) is 0 Å². The molecule has 362 valence electrons. The molecule has 0 aliphatic carbocycles. The Morgan fingerprint density at radius 3 is 1.08 bits per heavy atom. The number of benzene rings is 3. The van der Waals surface area contributed by atoms with Crippen LogP contribution >= 0.6 is 10.3 Å². The summed E-state index contributed by atoms with van der Waals surface area (Å²) < 4.78 is 330. The second-order valence-electron chi connectivity index (χ2n) is 14.0. The quantitative estimate of drug-likeness (QED) is 0.0785. The third-order valence-electron chi connectivity index (χ3n) is 9.59. The number of alkyl halides is 23. The lowest BCUT2D eigenvalue weighted by atomic mass is 9.85. The second kappa shape index (κ2) is 17.9. The molecule has 26 heteroatoms. The van der Waals surface area contributed by atoms with Crippen molar-refractivity contribution >= 4 is 16.3 Å². The zero-order valence-electron chi connectivity index (χ0n) is 32.0. The number of halogens is 23. The first-order valence-corrected chi connectivity index (χ1v) is 19.5. The second-order valence-corrected chi connectivity index (χ2v) is 16.6. The van der Waals surface area contributed by atoms with Crippen molar-refractivity contribution in [2.24, 2.45) is 0 Å². The van der Waals surface area contributed by atoms with Gasteiger partial charge in [-0.05, 0) is 65.1 Å². The monoisotopic (exact) mass is 988 g/mol. The molecule has 0 saturated carbocycles. The number of carbonyl (C=O) groups is 1. The lowest BCUT2D eigenvalue weighted by molar-refractivity contribution is -0.477. The van der Waals surface area contributed by atoms with Crippen molar-refractivity contribution in [2.75, 3.05) is 0 Å². The van der Waals surface area contributed by atoms with Gasteiger partial charge < -0.3 is 4.18 Å². The van der Waals surface area contributed by atoms with E-state index in [1.807, 2.05) is 6.92 Å². The van der Waals surface area contributed by atoms with Gasteiger partial charge in [0, 0.05) is 14.7 Å². The molecule has 0 aliphatic heterocycles. The van der Waals surface area contributed by atoms with Crippen molar-refractivity contribution < 1.29 is 110 Å². The minimum atomic E-state index is -9.56. The first-order valence-electron chi connectivity index (χ1n) is 18.0. The Balaban J connectivity index is 2.19. The molecule has 3 aromatic carbocycles. The van der Waals surface area contributed by atoms with Crippen LogP contribution in [0.4, 0.5) is 101 Å². The maximum Gasteiger partial charge on any atom is 0.460 e. The number of hydrogen-bond donors (Lipinski definition) is 0. The number of hydrogen-bond acceptors (Lipinski definition) is 2. The number of rotatable bonds is 21. The van der Waals surface area contributed by atoms with Crippen molar-refractivity contribution in [3.05, 3.63) is 90.5 Å². The van der Waals surface area contributed by atoms with Crippen LogP contribution < -0.4 is 0 Å². The molecule has 3 aromatic rings. The smallest absolute Gasteiger partial charge is 0.397 e. The number of aryl methyl sites for hydroxylation is 1. The van der Waals surface area contributed by atoms with E-state index in [9.17, 15) is 88.2 Å². The van der Waals surface area contributed by atoms with E-state index < -0.39 is 96.4 Å². The summed E-state index contributed by atoms with van der Waals surface area (Å²) in [7, 11) is -4.39. The molecular weight excluding hydrogens is 957 g/mol. The van der Waals surface area contributed by atoms with Gasteiger partial charge in [-0.1, -0.05) is 87.6 Å². The molecule has 0 radical (unpaired) electrons. The van der Waals surface area contributed by atoms with Gasteiger partial charge in [0.1, 0.15) is 0 Å². The van der Waals surface area contributed by atoms with E-state index in [0.29, 0.717) is 18.4 Å². The molecule has 0 aromatic heterocycles. The summed E-state index contributed by atoms with van der Waals surface area (Å²) in [6.45, 7) is 1.98. The van der Waals surface area contributed by atoms with Crippen molar-refractivity contribution in [1.29, 1.82) is 0 Å². The Morgan fingerprint density at radius 2 is 0.719 bits per heavy atom. The molecular formula is C38H31F23O2S. The highest BCUT2D eigenvalue weighted by molar-refractivity contribution is 8.30. The normalized spacial score (nSPS) is 15.0. The Bertz CT molecular complexity index is 1980. The zero-order valence-corrected chi connectivity index (χ0v) is 32.8. The molecule has 0 aliphatic rings. The van der Waals surface area contributed by atoms with Gasteiger partial charge in [0.2, 0.25) is 0 Å². The fourth-order valence-electron chi connectivity index (χ4n) is 5.78. The predicted molar refractivity (Wildman–Crippen MR) is 180 cm³/mol. The summed E-state index contributed by atoms with van der Waals surface area (Å²) in [4.78, 5) is 11.8. The fraction of sp³-hybridized carbons (Fsp3) is 0.500. The summed E-state index contributed by atoms with van der Waals surface area (Å²) >= 11 is 0. The highest BCUT2D eigenvalue weighted by atomic mass is 32.3. The van der Waals surface area contributed by atoms with E-state index in [0.717, 1.165) is 92.8 Å². The van der Waals surface area contributed by atoms with Crippen LogP contribution in [0.2, 0.25) is 0 Å². The van der Waals surface area contributed by atoms with Crippen molar-refractivity contribution in [2.45, 2.75) is 132 Å². The van der Waals surface area contributed by atoms with Crippen LogP contribution in [0.25, 0.3) is 0 Å². The minimum absolute atomic E-state index is 0.370. The summed E-state index contributed by atoms with van der Waals surface area (Å²) in [5.41, 5.74) is 0.526. The van der Waals surface area contributed by atoms with E-state index in [2.05, 4.69) is 0 Å². The highest BCUT2D eigenvalue weighted by Crippen LogP contribution is 2.71. The van der Waals surface area contributed by atoms with Gasteiger partial charge >= 0.3 is 71.4 Å². The Labute approximate surface area is 348 Å². The van der Waals surface area contributed by atoms with E-state index in [4.69, 9.17) is 4.18 Å². The largest absolute Gasteiger partial charge is 0.460 e. The molecule has 0 amide bonds. The maximum atomic E-state index is 15.5. The molecule has 3 rings (SSSR count). The summed E-state index contributed by atoms with van der Waals surface area (Å²) in [5.74, 6) is -94.5.